The summed E-state index contributed by atoms with van der Waals surface area (Å²) >= 11 is 4.84. The average molecular weight is 476 g/mol. The van der Waals surface area contributed by atoms with E-state index in [4.69, 9.17) is 0 Å². The Labute approximate surface area is 140 Å². The number of allylic oxidation sites excluding steroid dienone is 4. The van der Waals surface area contributed by atoms with Gasteiger partial charge in [0.15, 0.2) is 0 Å². The fourth-order valence-corrected chi connectivity index (χ4v) is 2.58. The molecule has 2 N–H and O–H groups in total. The van der Waals surface area contributed by atoms with E-state index in [1.807, 2.05) is 0 Å². The van der Waals surface area contributed by atoms with Gasteiger partial charge in [0.2, 0.25) is 0 Å². The monoisotopic (exact) mass is 476 g/mol. The normalized spacial score (nSPS) is 13.5. The molecule has 0 aliphatic carbocycles. The number of halogens is 2. The van der Waals surface area contributed by atoms with Crippen LogP contribution in [0.4, 0.5) is 0 Å². The summed E-state index contributed by atoms with van der Waals surface area (Å²) in [4.78, 5) is 0. The first-order valence-electron chi connectivity index (χ1n) is 6.65. The van der Waals surface area contributed by atoms with E-state index in [1.165, 1.54) is 32.1 Å². The van der Waals surface area contributed by atoms with E-state index < -0.39 is 0 Å². The molecule has 18 heavy (non-hydrogen) atoms. The molecular formula is C14H26I2N2. The van der Waals surface area contributed by atoms with Crippen LogP contribution in [0, 0.1) is 0 Å². The zero-order valence-electron chi connectivity index (χ0n) is 11.8. The predicted octanol–water partition coefficient (Wildman–Crippen LogP) is 4.40. The third-order valence-corrected chi connectivity index (χ3v) is 4.70. The van der Waals surface area contributed by atoms with Gasteiger partial charge in [-0.25, -0.2) is 0 Å². The molecule has 0 heterocycles. The molecule has 0 atom stereocenters. The lowest BCUT2D eigenvalue weighted by Crippen LogP contribution is -2.22. The van der Waals surface area contributed by atoms with Crippen LogP contribution in [0.25, 0.3) is 0 Å². The molecule has 0 spiro atoms. The van der Waals surface area contributed by atoms with Crippen molar-refractivity contribution < 1.29 is 0 Å². The second-order valence-corrected chi connectivity index (χ2v) is 6.62. The number of nitrogens with one attached hydrogen (secondary N) is 2. The molecular weight excluding hydrogens is 450 g/mol. The maximum Gasteiger partial charge on any atom is 0.0155 e. The lowest BCUT2D eigenvalue weighted by Gasteiger charge is -2.08. The fourth-order valence-electron chi connectivity index (χ4n) is 1.35. The molecule has 0 saturated carbocycles. The van der Waals surface area contributed by atoms with Crippen molar-refractivity contribution in [3.8, 4) is 0 Å². The maximum atomic E-state index is 3.46. The van der Waals surface area contributed by atoms with Gasteiger partial charge in [-0.1, -0.05) is 35.1 Å². The number of rotatable bonds is 10. The molecule has 0 fully saturated rings. The highest BCUT2D eigenvalue weighted by Gasteiger charge is 1.95. The summed E-state index contributed by atoms with van der Waals surface area (Å²) in [5, 5.41) is 6.92. The molecule has 0 aromatic rings. The Morgan fingerprint density at radius 3 is 2.39 bits per heavy atom. The Morgan fingerprint density at radius 1 is 1.11 bits per heavy atom. The van der Waals surface area contributed by atoms with Crippen molar-refractivity contribution in [1.29, 1.82) is 0 Å². The van der Waals surface area contributed by atoms with Crippen LogP contribution in [0.3, 0.4) is 0 Å². The Bertz CT molecular complexity index is 273. The van der Waals surface area contributed by atoms with Gasteiger partial charge in [0.25, 0.3) is 0 Å². The highest BCUT2D eigenvalue weighted by Crippen LogP contribution is 2.17. The molecule has 0 bridgehead atoms. The summed E-state index contributed by atoms with van der Waals surface area (Å²) in [6.45, 7) is 9.85. The van der Waals surface area contributed by atoms with Gasteiger partial charge in [-0.3, -0.25) is 0 Å². The highest BCUT2D eigenvalue weighted by atomic mass is 127. The van der Waals surface area contributed by atoms with Gasteiger partial charge < -0.3 is 10.6 Å². The van der Waals surface area contributed by atoms with Crippen LogP contribution in [0.15, 0.2) is 20.9 Å². The van der Waals surface area contributed by atoms with Gasteiger partial charge in [-0.15, -0.1) is 0 Å². The van der Waals surface area contributed by atoms with Crippen molar-refractivity contribution >= 4 is 45.2 Å². The molecule has 0 radical (unpaired) electrons. The van der Waals surface area contributed by atoms with Crippen molar-refractivity contribution in [2.75, 3.05) is 24.1 Å². The minimum absolute atomic E-state index is 1.05. The lowest BCUT2D eigenvalue weighted by molar-refractivity contribution is 0.623. The summed E-state index contributed by atoms with van der Waals surface area (Å²) in [6.07, 6.45) is 5.82. The molecule has 0 aliphatic heterocycles. The van der Waals surface area contributed by atoms with E-state index >= 15 is 0 Å². The summed E-state index contributed by atoms with van der Waals surface area (Å²) < 4.78 is 2.60. The van der Waals surface area contributed by atoms with E-state index in [2.05, 4.69) is 82.7 Å². The van der Waals surface area contributed by atoms with Crippen molar-refractivity contribution in [3.05, 3.63) is 20.9 Å². The van der Waals surface area contributed by atoms with Crippen LogP contribution in [0.1, 0.15) is 40.0 Å². The van der Waals surface area contributed by atoms with Gasteiger partial charge in [0.05, 0.1) is 0 Å². The zero-order chi connectivity index (χ0) is 13.8. The van der Waals surface area contributed by atoms with Gasteiger partial charge in [0, 0.05) is 20.2 Å². The summed E-state index contributed by atoms with van der Waals surface area (Å²) in [5.74, 6) is 0. The van der Waals surface area contributed by atoms with E-state index in [0.29, 0.717) is 0 Å². The number of hydrogen-bond donors (Lipinski definition) is 2. The number of alkyl halides is 1. The minimum atomic E-state index is 1.05. The molecule has 106 valence electrons. The van der Waals surface area contributed by atoms with Crippen LogP contribution in [-0.2, 0) is 0 Å². The highest BCUT2D eigenvalue weighted by molar-refractivity contribution is 14.1. The van der Waals surface area contributed by atoms with Gasteiger partial charge in [-0.2, -0.15) is 0 Å². The molecule has 0 aromatic carbocycles. The molecule has 4 heteroatoms. The van der Waals surface area contributed by atoms with Crippen LogP contribution >= 0.6 is 45.2 Å². The van der Waals surface area contributed by atoms with Crippen molar-refractivity contribution in [1.82, 2.24) is 10.6 Å². The maximum absolute atomic E-state index is 3.46. The molecule has 0 aliphatic rings. The quantitative estimate of drug-likeness (QED) is 0.212. The number of hydrogen-bond acceptors (Lipinski definition) is 2. The van der Waals surface area contributed by atoms with Crippen molar-refractivity contribution in [3.63, 3.8) is 0 Å². The van der Waals surface area contributed by atoms with Gasteiger partial charge in [0.1, 0.15) is 0 Å². The van der Waals surface area contributed by atoms with Gasteiger partial charge >= 0.3 is 0 Å². The summed E-state index contributed by atoms with van der Waals surface area (Å²) in [6, 6.07) is 0. The fraction of sp³-hybridized carbons (Fsp3) is 0.714. The Kier molecular flexibility index (Phi) is 13.2. The van der Waals surface area contributed by atoms with Crippen molar-refractivity contribution in [2.45, 2.75) is 40.0 Å². The first-order valence-corrected chi connectivity index (χ1v) is 9.26. The van der Waals surface area contributed by atoms with E-state index in [1.54, 1.807) is 0 Å². The summed E-state index contributed by atoms with van der Waals surface area (Å²) in [5.41, 5.74) is 2.72. The average Bonchev–Trinajstić information content (AvgIpc) is 2.36. The van der Waals surface area contributed by atoms with Crippen LogP contribution in [0.5, 0.6) is 0 Å². The standard InChI is InChI=1S/C14H26I2N2/c1-4-12(2)14(16)11-13(3)18-10-6-9-17-8-5-7-15/h11,17-18H,4-10H2,1-3H3/b13-11+,14-12+. The smallest absolute Gasteiger partial charge is 0.0155 e. The topological polar surface area (TPSA) is 24.1 Å². The largest absolute Gasteiger partial charge is 0.388 e. The molecule has 0 amide bonds. The SMILES string of the molecule is CC/C(C)=C(I)\C=C(/C)NCCCNCCCI. The van der Waals surface area contributed by atoms with E-state index in [9.17, 15) is 0 Å². The van der Waals surface area contributed by atoms with Crippen LogP contribution < -0.4 is 10.6 Å². The second-order valence-electron chi connectivity index (χ2n) is 4.38. The zero-order valence-corrected chi connectivity index (χ0v) is 16.1. The molecule has 0 unspecified atom stereocenters. The third kappa shape index (κ3) is 10.6. The Hall–Kier alpha value is 0.700. The van der Waals surface area contributed by atoms with Crippen LogP contribution in [-0.4, -0.2) is 24.1 Å². The van der Waals surface area contributed by atoms with Crippen molar-refractivity contribution in [2.24, 2.45) is 0 Å². The first-order chi connectivity index (χ1) is 8.61. The predicted molar refractivity (Wildman–Crippen MR) is 99.8 cm³/mol. The Morgan fingerprint density at radius 2 is 1.78 bits per heavy atom. The van der Waals surface area contributed by atoms with E-state index in [-0.39, 0.29) is 0 Å². The van der Waals surface area contributed by atoms with Crippen LogP contribution in [0.2, 0.25) is 0 Å². The first kappa shape index (κ1) is 18.7. The summed E-state index contributed by atoms with van der Waals surface area (Å²) in [7, 11) is 0. The van der Waals surface area contributed by atoms with Gasteiger partial charge in [-0.05, 0) is 74.9 Å². The Balaban J connectivity index is 3.70. The molecule has 0 saturated heterocycles. The molecule has 0 aromatic heterocycles. The molecule has 0 rings (SSSR count). The second kappa shape index (κ2) is 12.7. The lowest BCUT2D eigenvalue weighted by atomic mass is 10.2. The molecule has 2 nitrogen and oxygen atoms in total. The minimum Gasteiger partial charge on any atom is -0.388 e. The van der Waals surface area contributed by atoms with E-state index in [0.717, 1.165) is 26.1 Å². The third-order valence-electron chi connectivity index (χ3n) is 2.70.